The topological polar surface area (TPSA) is 48.0 Å². The van der Waals surface area contributed by atoms with Gasteiger partial charge in [-0.05, 0) is 54.7 Å². The van der Waals surface area contributed by atoms with Crippen molar-refractivity contribution in [2.45, 2.75) is 24.9 Å². The lowest BCUT2D eigenvalue weighted by molar-refractivity contribution is -0.142. The zero-order valence-corrected chi connectivity index (χ0v) is 15.9. The van der Waals surface area contributed by atoms with Gasteiger partial charge in [-0.25, -0.2) is 4.39 Å². The van der Waals surface area contributed by atoms with Crippen LogP contribution in [0.5, 0.6) is 11.5 Å². The van der Waals surface area contributed by atoms with Crippen molar-refractivity contribution in [3.8, 4) is 11.5 Å². The van der Waals surface area contributed by atoms with Crippen LogP contribution in [-0.2, 0) is 21.6 Å². The van der Waals surface area contributed by atoms with Crippen molar-refractivity contribution >= 4 is 5.91 Å². The van der Waals surface area contributed by atoms with Crippen LogP contribution in [0.2, 0.25) is 0 Å². The summed E-state index contributed by atoms with van der Waals surface area (Å²) in [5, 5.41) is 0. The van der Waals surface area contributed by atoms with Crippen LogP contribution in [0.15, 0.2) is 42.5 Å². The van der Waals surface area contributed by atoms with Crippen LogP contribution in [-0.4, -0.2) is 44.2 Å². The molecule has 5 nitrogen and oxygen atoms in total. The highest BCUT2D eigenvalue weighted by Gasteiger charge is 2.41. The highest BCUT2D eigenvalue weighted by molar-refractivity contribution is 5.78. The molecule has 1 saturated heterocycles. The molecule has 2 aliphatic heterocycles. The van der Waals surface area contributed by atoms with E-state index in [1.54, 1.807) is 24.1 Å². The molecule has 0 aliphatic carbocycles. The first-order valence-electron chi connectivity index (χ1n) is 9.57. The predicted molar refractivity (Wildman–Crippen MR) is 102 cm³/mol. The van der Waals surface area contributed by atoms with E-state index in [4.69, 9.17) is 14.2 Å². The molecule has 28 heavy (non-hydrogen) atoms. The first kappa shape index (κ1) is 18.7. The van der Waals surface area contributed by atoms with Crippen molar-refractivity contribution in [3.05, 3.63) is 59.4 Å². The van der Waals surface area contributed by atoms with Crippen LogP contribution in [0.4, 0.5) is 4.39 Å². The minimum absolute atomic E-state index is 0.0922. The first-order chi connectivity index (χ1) is 13.6. The molecule has 2 aromatic rings. The summed E-state index contributed by atoms with van der Waals surface area (Å²) in [6.07, 6.45) is 2.37. The van der Waals surface area contributed by atoms with E-state index in [1.165, 1.54) is 23.3 Å². The van der Waals surface area contributed by atoms with Crippen molar-refractivity contribution in [2.24, 2.45) is 0 Å². The number of amides is 1. The Morgan fingerprint density at radius 3 is 2.75 bits per heavy atom. The van der Waals surface area contributed by atoms with E-state index < -0.39 is 0 Å². The van der Waals surface area contributed by atoms with Crippen molar-refractivity contribution in [1.82, 2.24) is 4.90 Å². The summed E-state index contributed by atoms with van der Waals surface area (Å²) < 4.78 is 30.2. The van der Waals surface area contributed by atoms with Crippen molar-refractivity contribution in [2.75, 3.05) is 33.4 Å². The number of nitrogens with zero attached hydrogens (tertiary/aromatic N) is 1. The molecule has 2 aliphatic rings. The summed E-state index contributed by atoms with van der Waals surface area (Å²) in [5.74, 6) is 0.748. The number of hydrogen-bond acceptors (Lipinski definition) is 4. The minimum atomic E-state index is -0.380. The molecule has 0 radical (unpaired) electrons. The average molecular weight is 385 g/mol. The molecule has 0 N–H and O–H groups in total. The number of halogens is 1. The second kappa shape index (κ2) is 7.80. The molecule has 0 aromatic heterocycles. The highest BCUT2D eigenvalue weighted by atomic mass is 19.1. The van der Waals surface area contributed by atoms with Gasteiger partial charge in [-0.3, -0.25) is 4.79 Å². The number of methoxy groups -OCH3 is 1. The maximum absolute atomic E-state index is 13.2. The van der Waals surface area contributed by atoms with Gasteiger partial charge in [0.05, 0.1) is 19.3 Å². The first-order valence-corrected chi connectivity index (χ1v) is 9.57. The number of piperidine rings is 1. The number of carbonyl (C=O) groups is 1. The molecule has 6 heteroatoms. The van der Waals surface area contributed by atoms with Gasteiger partial charge in [-0.2, -0.15) is 0 Å². The van der Waals surface area contributed by atoms with Crippen LogP contribution in [0.3, 0.4) is 0 Å². The van der Waals surface area contributed by atoms with Gasteiger partial charge < -0.3 is 19.1 Å². The van der Waals surface area contributed by atoms with Crippen LogP contribution >= 0.6 is 0 Å². The number of rotatable bonds is 4. The van der Waals surface area contributed by atoms with E-state index in [2.05, 4.69) is 12.1 Å². The Morgan fingerprint density at radius 2 is 2.00 bits per heavy atom. The Kier molecular flexibility index (Phi) is 5.22. The van der Waals surface area contributed by atoms with Gasteiger partial charge in [0.25, 0.3) is 5.91 Å². The Labute approximate surface area is 164 Å². The fourth-order valence-corrected chi connectivity index (χ4v) is 4.11. The second-order valence-corrected chi connectivity index (χ2v) is 7.24. The van der Waals surface area contributed by atoms with E-state index in [0.717, 1.165) is 25.0 Å². The Hall–Kier alpha value is -2.60. The smallest absolute Gasteiger partial charge is 0.260 e. The minimum Gasteiger partial charge on any atom is -0.497 e. The Bertz CT molecular complexity index is 861. The average Bonchev–Trinajstić information content (AvgIpc) is 2.72. The highest BCUT2D eigenvalue weighted by Crippen LogP contribution is 2.42. The molecule has 1 amide bonds. The molecule has 0 bridgehead atoms. The third-order valence-electron chi connectivity index (χ3n) is 5.64. The largest absolute Gasteiger partial charge is 0.497 e. The van der Waals surface area contributed by atoms with Crippen LogP contribution in [0.25, 0.3) is 0 Å². The number of likely N-dealkylation sites (tertiary alicyclic amines) is 1. The van der Waals surface area contributed by atoms with Crippen molar-refractivity contribution < 1.29 is 23.4 Å². The Balaban J connectivity index is 1.39. The summed E-state index contributed by atoms with van der Waals surface area (Å²) in [4.78, 5) is 14.3. The van der Waals surface area contributed by atoms with E-state index in [-0.39, 0.29) is 23.9 Å². The summed E-state index contributed by atoms with van der Waals surface area (Å²) in [6.45, 7) is 1.80. The molecule has 1 spiro atoms. The standard InChI is InChI=1S/C22H24FNO4/c1-26-18-5-6-20-16(13-18)7-12-28-22(20)8-10-24(11-9-22)21(25)15-27-19-4-2-3-17(23)14-19/h2-6,13-14H,7-12,15H2,1H3. The van der Waals surface area contributed by atoms with E-state index in [9.17, 15) is 9.18 Å². The summed E-state index contributed by atoms with van der Waals surface area (Å²) >= 11 is 0. The molecule has 0 saturated carbocycles. The maximum Gasteiger partial charge on any atom is 0.260 e. The molecular weight excluding hydrogens is 361 g/mol. The number of fused-ring (bicyclic) bond motifs is 2. The third-order valence-corrected chi connectivity index (χ3v) is 5.64. The normalized spacial score (nSPS) is 17.9. The van der Waals surface area contributed by atoms with Gasteiger partial charge in [0, 0.05) is 19.2 Å². The van der Waals surface area contributed by atoms with E-state index in [0.29, 0.717) is 25.4 Å². The summed E-state index contributed by atoms with van der Waals surface area (Å²) in [6, 6.07) is 12.0. The second-order valence-electron chi connectivity index (χ2n) is 7.24. The quantitative estimate of drug-likeness (QED) is 0.810. The molecule has 1 fully saturated rings. The van der Waals surface area contributed by atoms with E-state index in [1.807, 2.05) is 6.07 Å². The SMILES string of the molecule is COc1ccc2c(c1)CCOC21CCN(C(=O)COc2cccc(F)c2)CC1. The van der Waals surface area contributed by atoms with Crippen molar-refractivity contribution in [1.29, 1.82) is 0 Å². The van der Waals surface area contributed by atoms with Crippen LogP contribution in [0, 0.1) is 5.82 Å². The summed E-state index contributed by atoms with van der Waals surface area (Å²) in [7, 11) is 1.67. The van der Waals surface area contributed by atoms with Gasteiger partial charge in [0.1, 0.15) is 17.3 Å². The van der Waals surface area contributed by atoms with Gasteiger partial charge in [0.2, 0.25) is 0 Å². The molecule has 148 valence electrons. The lowest BCUT2D eigenvalue weighted by atomic mass is 9.79. The number of carbonyl (C=O) groups excluding carboxylic acids is 1. The number of ether oxygens (including phenoxy) is 3. The lowest BCUT2D eigenvalue weighted by Crippen LogP contribution is -2.49. The molecule has 0 unspecified atom stereocenters. The van der Waals surface area contributed by atoms with Crippen LogP contribution in [0.1, 0.15) is 24.0 Å². The van der Waals surface area contributed by atoms with E-state index >= 15 is 0 Å². The number of hydrogen-bond donors (Lipinski definition) is 0. The molecule has 0 atom stereocenters. The van der Waals surface area contributed by atoms with Crippen molar-refractivity contribution in [3.63, 3.8) is 0 Å². The molecule has 4 rings (SSSR count). The number of benzene rings is 2. The summed E-state index contributed by atoms with van der Waals surface area (Å²) in [5.41, 5.74) is 2.14. The lowest BCUT2D eigenvalue weighted by Gasteiger charge is -2.45. The predicted octanol–water partition coefficient (Wildman–Crippen LogP) is 3.30. The fraction of sp³-hybridized carbons (Fsp3) is 0.409. The third kappa shape index (κ3) is 3.69. The zero-order chi connectivity index (χ0) is 19.6. The van der Waals surface area contributed by atoms with Crippen LogP contribution < -0.4 is 9.47 Å². The van der Waals surface area contributed by atoms with Gasteiger partial charge in [-0.1, -0.05) is 12.1 Å². The molecule has 2 aromatic carbocycles. The van der Waals surface area contributed by atoms with Gasteiger partial charge >= 0.3 is 0 Å². The fourth-order valence-electron chi connectivity index (χ4n) is 4.11. The van der Waals surface area contributed by atoms with Gasteiger partial charge in [0.15, 0.2) is 6.61 Å². The molecular formula is C22H24FNO4. The van der Waals surface area contributed by atoms with Gasteiger partial charge in [-0.15, -0.1) is 0 Å². The zero-order valence-electron chi connectivity index (χ0n) is 15.9. The maximum atomic E-state index is 13.2. The molecule has 2 heterocycles. The monoisotopic (exact) mass is 385 g/mol. The Morgan fingerprint density at radius 1 is 1.18 bits per heavy atom.